The van der Waals surface area contributed by atoms with Crippen LogP contribution in [0.1, 0.15) is 21.7 Å². The van der Waals surface area contributed by atoms with Gasteiger partial charge in [-0.3, -0.25) is 10.2 Å². The van der Waals surface area contributed by atoms with Crippen LogP contribution >= 0.6 is 0 Å². The summed E-state index contributed by atoms with van der Waals surface area (Å²) >= 11 is 0. The van der Waals surface area contributed by atoms with Crippen molar-refractivity contribution in [3.63, 3.8) is 0 Å². The van der Waals surface area contributed by atoms with Gasteiger partial charge in [-0.1, -0.05) is 0 Å². The maximum absolute atomic E-state index is 13.7. The SMILES string of the molecule is Cc1ccc(C)n1-c1ccc(C(=O)NNS(=O)(=O)c2ccc(F)cc2F)cc1. The van der Waals surface area contributed by atoms with E-state index in [2.05, 4.69) is 0 Å². The fraction of sp³-hybridized carbons (Fsp3) is 0.105. The molecule has 0 aliphatic rings. The topological polar surface area (TPSA) is 80.2 Å². The van der Waals surface area contributed by atoms with E-state index >= 15 is 0 Å². The van der Waals surface area contributed by atoms with Crippen molar-refractivity contribution in [2.24, 2.45) is 0 Å². The van der Waals surface area contributed by atoms with Crippen LogP contribution in [0.25, 0.3) is 5.69 Å². The summed E-state index contributed by atoms with van der Waals surface area (Å²) in [5.41, 5.74) is 5.13. The molecule has 0 radical (unpaired) electrons. The molecule has 6 nitrogen and oxygen atoms in total. The zero-order valence-electron chi connectivity index (χ0n) is 15.0. The minimum Gasteiger partial charge on any atom is -0.319 e. The number of nitrogens with one attached hydrogen (secondary N) is 2. The predicted molar refractivity (Wildman–Crippen MR) is 99.4 cm³/mol. The van der Waals surface area contributed by atoms with Gasteiger partial charge in [0, 0.05) is 28.7 Å². The van der Waals surface area contributed by atoms with Gasteiger partial charge in [0.1, 0.15) is 16.5 Å². The van der Waals surface area contributed by atoms with Gasteiger partial charge in [-0.25, -0.2) is 17.2 Å². The van der Waals surface area contributed by atoms with E-state index in [-0.39, 0.29) is 5.56 Å². The first-order valence-electron chi connectivity index (χ1n) is 8.21. The Morgan fingerprint density at radius 3 is 2.11 bits per heavy atom. The lowest BCUT2D eigenvalue weighted by Crippen LogP contribution is -2.41. The highest BCUT2D eigenvalue weighted by Crippen LogP contribution is 2.17. The van der Waals surface area contributed by atoms with Crippen LogP contribution in [0.5, 0.6) is 0 Å². The third kappa shape index (κ3) is 3.95. The number of carbonyl (C=O) groups is 1. The molecule has 1 heterocycles. The minimum atomic E-state index is -4.39. The number of hydrogen-bond acceptors (Lipinski definition) is 3. The highest BCUT2D eigenvalue weighted by atomic mass is 32.2. The normalized spacial score (nSPS) is 11.4. The molecule has 0 saturated heterocycles. The summed E-state index contributed by atoms with van der Waals surface area (Å²) < 4.78 is 52.8. The zero-order chi connectivity index (χ0) is 20.5. The van der Waals surface area contributed by atoms with Crippen LogP contribution in [0.4, 0.5) is 8.78 Å². The molecule has 0 saturated carbocycles. The lowest BCUT2D eigenvalue weighted by atomic mass is 10.2. The van der Waals surface area contributed by atoms with E-state index in [0.717, 1.165) is 29.2 Å². The van der Waals surface area contributed by atoms with Crippen molar-refractivity contribution in [2.75, 3.05) is 0 Å². The molecule has 2 N–H and O–H groups in total. The van der Waals surface area contributed by atoms with Crippen LogP contribution in [-0.4, -0.2) is 18.9 Å². The highest BCUT2D eigenvalue weighted by molar-refractivity contribution is 7.89. The summed E-state index contributed by atoms with van der Waals surface area (Å²) in [6.07, 6.45) is 0. The summed E-state index contributed by atoms with van der Waals surface area (Å²) in [5, 5.41) is 0. The monoisotopic (exact) mass is 405 g/mol. The van der Waals surface area contributed by atoms with E-state index in [1.165, 1.54) is 12.1 Å². The van der Waals surface area contributed by atoms with Gasteiger partial charge >= 0.3 is 0 Å². The van der Waals surface area contributed by atoms with Gasteiger partial charge in [0.25, 0.3) is 15.9 Å². The number of benzene rings is 2. The molecule has 0 atom stereocenters. The molecule has 28 heavy (non-hydrogen) atoms. The van der Waals surface area contributed by atoms with Crippen LogP contribution in [0.3, 0.4) is 0 Å². The van der Waals surface area contributed by atoms with Gasteiger partial charge in [0.15, 0.2) is 0 Å². The number of hydrogen-bond donors (Lipinski definition) is 2. The first-order valence-corrected chi connectivity index (χ1v) is 9.70. The largest absolute Gasteiger partial charge is 0.319 e. The van der Waals surface area contributed by atoms with Crippen LogP contribution in [0.2, 0.25) is 0 Å². The second-order valence-electron chi connectivity index (χ2n) is 6.13. The van der Waals surface area contributed by atoms with E-state index in [4.69, 9.17) is 0 Å². The Balaban J connectivity index is 1.73. The van der Waals surface area contributed by atoms with Gasteiger partial charge in [-0.05, 0) is 62.4 Å². The maximum atomic E-state index is 13.7. The molecule has 3 aromatic rings. The Kier molecular flexibility index (Phi) is 5.30. The third-order valence-electron chi connectivity index (χ3n) is 4.14. The van der Waals surface area contributed by atoms with Crippen LogP contribution in [0.15, 0.2) is 59.5 Å². The Morgan fingerprint density at radius 2 is 1.54 bits per heavy atom. The Labute approximate surface area is 160 Å². The number of hydrazine groups is 1. The molecule has 3 rings (SSSR count). The fourth-order valence-corrected chi connectivity index (χ4v) is 3.67. The molecular weight excluding hydrogens is 388 g/mol. The van der Waals surface area contributed by atoms with Crippen LogP contribution in [-0.2, 0) is 10.0 Å². The van der Waals surface area contributed by atoms with Gasteiger partial charge in [-0.2, -0.15) is 0 Å². The average Bonchev–Trinajstić information content (AvgIpc) is 2.98. The molecule has 0 aliphatic carbocycles. The van der Waals surface area contributed by atoms with Crippen molar-refractivity contribution in [1.29, 1.82) is 0 Å². The van der Waals surface area contributed by atoms with Crippen molar-refractivity contribution < 1.29 is 22.0 Å². The smallest absolute Gasteiger partial charge is 0.266 e. The molecule has 1 aromatic heterocycles. The van der Waals surface area contributed by atoms with Gasteiger partial charge in [0.2, 0.25) is 0 Å². The van der Waals surface area contributed by atoms with Gasteiger partial charge < -0.3 is 4.57 Å². The predicted octanol–water partition coefficient (Wildman–Crippen LogP) is 3.00. The summed E-state index contributed by atoms with van der Waals surface area (Å²) in [5.74, 6) is -2.89. The first-order chi connectivity index (χ1) is 13.2. The van der Waals surface area contributed by atoms with Crippen molar-refractivity contribution in [3.8, 4) is 5.69 Å². The Bertz CT molecular complexity index is 1120. The fourth-order valence-electron chi connectivity index (χ4n) is 2.77. The number of nitrogens with zero attached hydrogens (tertiary/aromatic N) is 1. The van der Waals surface area contributed by atoms with Crippen LogP contribution in [0, 0.1) is 25.5 Å². The number of halogens is 2. The van der Waals surface area contributed by atoms with Gasteiger partial charge in [0.05, 0.1) is 0 Å². The van der Waals surface area contributed by atoms with E-state index in [9.17, 15) is 22.0 Å². The van der Waals surface area contributed by atoms with Crippen molar-refractivity contribution in [1.82, 2.24) is 14.8 Å². The minimum absolute atomic E-state index is 0.202. The van der Waals surface area contributed by atoms with E-state index < -0.39 is 32.5 Å². The number of aromatic nitrogens is 1. The molecule has 2 aromatic carbocycles. The second-order valence-corrected chi connectivity index (χ2v) is 7.78. The molecule has 0 unspecified atom stereocenters. The lowest BCUT2D eigenvalue weighted by Gasteiger charge is -2.11. The number of amides is 1. The van der Waals surface area contributed by atoms with Crippen LogP contribution < -0.4 is 10.3 Å². The van der Waals surface area contributed by atoms with E-state index in [1.54, 1.807) is 17.0 Å². The van der Waals surface area contributed by atoms with Gasteiger partial charge in [-0.15, -0.1) is 4.83 Å². The molecule has 0 fully saturated rings. The molecule has 0 spiro atoms. The standard InChI is InChI=1S/C19H17F2N3O3S/c1-12-3-4-13(2)24(12)16-8-5-14(6-9-16)19(25)22-23-28(26,27)18-10-7-15(20)11-17(18)21/h3-11,23H,1-2H3,(H,22,25). The molecule has 0 bridgehead atoms. The second kappa shape index (κ2) is 7.53. The number of rotatable bonds is 5. The maximum Gasteiger partial charge on any atom is 0.266 e. The summed E-state index contributed by atoms with van der Waals surface area (Å²) in [6.45, 7) is 3.91. The number of carbonyl (C=O) groups excluding carboxylic acids is 1. The summed E-state index contributed by atoms with van der Waals surface area (Å²) in [4.78, 5) is 13.2. The quantitative estimate of drug-likeness (QED) is 0.641. The molecular formula is C19H17F2N3O3S. The Hall–Kier alpha value is -3.04. The number of sulfonamides is 1. The van der Waals surface area contributed by atoms with E-state index in [0.29, 0.717) is 6.07 Å². The Morgan fingerprint density at radius 1 is 0.929 bits per heavy atom. The summed E-state index contributed by atoms with van der Waals surface area (Å²) in [7, 11) is -4.39. The third-order valence-corrected chi connectivity index (χ3v) is 5.42. The first kappa shape index (κ1) is 19.7. The van der Waals surface area contributed by atoms with Crippen molar-refractivity contribution in [2.45, 2.75) is 18.7 Å². The average molecular weight is 405 g/mol. The van der Waals surface area contributed by atoms with E-state index in [1.807, 2.05) is 36.0 Å². The zero-order valence-corrected chi connectivity index (χ0v) is 15.8. The molecule has 1 amide bonds. The highest BCUT2D eigenvalue weighted by Gasteiger charge is 2.20. The van der Waals surface area contributed by atoms with Crippen molar-refractivity contribution in [3.05, 3.63) is 83.2 Å². The number of aryl methyl sites for hydroxylation is 2. The molecule has 0 aliphatic heterocycles. The summed E-state index contributed by atoms with van der Waals surface area (Å²) in [6, 6.07) is 12.5. The lowest BCUT2D eigenvalue weighted by molar-refractivity contribution is 0.0945. The molecule has 146 valence electrons. The van der Waals surface area contributed by atoms with Crippen molar-refractivity contribution >= 4 is 15.9 Å². The molecule has 9 heteroatoms.